The first-order chi connectivity index (χ1) is 7.67. The number of ether oxygens (including phenoxy) is 1. The maximum absolute atomic E-state index is 5.75. The fraction of sp³-hybridized carbons (Fsp3) is 0.467. The lowest BCUT2D eigenvalue weighted by Gasteiger charge is -2.13. The third kappa shape index (κ3) is 3.73. The van der Waals surface area contributed by atoms with Crippen molar-refractivity contribution in [3.63, 3.8) is 0 Å². The van der Waals surface area contributed by atoms with Gasteiger partial charge in [0.15, 0.2) is 0 Å². The molecule has 0 aliphatic rings. The van der Waals surface area contributed by atoms with Crippen molar-refractivity contribution in [3.8, 4) is 5.75 Å². The molecule has 0 amide bonds. The summed E-state index contributed by atoms with van der Waals surface area (Å²) < 4.78 is 5.75. The fourth-order valence-electron chi connectivity index (χ4n) is 1.65. The van der Waals surface area contributed by atoms with E-state index in [2.05, 4.69) is 45.5 Å². The van der Waals surface area contributed by atoms with Crippen molar-refractivity contribution in [1.82, 2.24) is 0 Å². The van der Waals surface area contributed by atoms with E-state index in [1.165, 1.54) is 11.1 Å². The van der Waals surface area contributed by atoms with Crippen LogP contribution < -0.4 is 4.74 Å². The molecular weight excluding hydrogens is 196 g/mol. The molecule has 0 N–H and O–H groups in total. The lowest BCUT2D eigenvalue weighted by atomic mass is 9.99. The van der Waals surface area contributed by atoms with Crippen LogP contribution in [0, 0.1) is 12.8 Å². The van der Waals surface area contributed by atoms with Crippen molar-refractivity contribution in [2.75, 3.05) is 6.61 Å². The highest BCUT2D eigenvalue weighted by molar-refractivity contribution is 5.37. The Kier molecular flexibility index (Phi) is 5.10. The summed E-state index contributed by atoms with van der Waals surface area (Å²) in [6.45, 7) is 11.0. The zero-order chi connectivity index (χ0) is 12.0. The molecule has 0 aliphatic heterocycles. The molecule has 1 unspecified atom stereocenters. The predicted molar refractivity (Wildman–Crippen MR) is 70.0 cm³/mol. The summed E-state index contributed by atoms with van der Waals surface area (Å²) in [4.78, 5) is 0. The highest BCUT2D eigenvalue weighted by atomic mass is 16.5. The number of benzene rings is 1. The standard InChI is InChI=1S/C15H22O/c1-5-9-16-15-8-7-13(4)11-14(15)10-12(3)6-2/h6-8,11-12H,2,5,9-10H2,1,3-4H3. The molecule has 1 nitrogen and oxygen atoms in total. The van der Waals surface area contributed by atoms with Crippen molar-refractivity contribution in [2.45, 2.75) is 33.6 Å². The molecule has 0 aromatic heterocycles. The summed E-state index contributed by atoms with van der Waals surface area (Å²) in [5, 5.41) is 0. The van der Waals surface area contributed by atoms with Crippen LogP contribution in [0.4, 0.5) is 0 Å². The molecule has 0 spiro atoms. The van der Waals surface area contributed by atoms with Gasteiger partial charge in [0.25, 0.3) is 0 Å². The van der Waals surface area contributed by atoms with E-state index in [4.69, 9.17) is 4.74 Å². The minimum absolute atomic E-state index is 0.491. The normalized spacial score (nSPS) is 12.2. The van der Waals surface area contributed by atoms with Crippen LogP contribution in [-0.4, -0.2) is 6.61 Å². The summed E-state index contributed by atoms with van der Waals surface area (Å²) in [6.07, 6.45) is 4.04. The van der Waals surface area contributed by atoms with Gasteiger partial charge in [-0.3, -0.25) is 0 Å². The van der Waals surface area contributed by atoms with Crippen LogP contribution in [-0.2, 0) is 6.42 Å². The van der Waals surface area contributed by atoms with Gasteiger partial charge < -0.3 is 4.74 Å². The molecule has 1 aromatic carbocycles. The molecule has 0 radical (unpaired) electrons. The monoisotopic (exact) mass is 218 g/mol. The van der Waals surface area contributed by atoms with Crippen LogP contribution in [0.1, 0.15) is 31.4 Å². The zero-order valence-corrected chi connectivity index (χ0v) is 10.6. The van der Waals surface area contributed by atoms with Crippen LogP contribution in [0.15, 0.2) is 30.9 Å². The van der Waals surface area contributed by atoms with Gasteiger partial charge >= 0.3 is 0 Å². The van der Waals surface area contributed by atoms with Crippen LogP contribution in [0.25, 0.3) is 0 Å². The molecule has 0 bridgehead atoms. The second-order valence-electron chi connectivity index (χ2n) is 4.38. The van der Waals surface area contributed by atoms with Gasteiger partial charge in [0.1, 0.15) is 5.75 Å². The number of hydrogen-bond donors (Lipinski definition) is 0. The van der Waals surface area contributed by atoms with Gasteiger partial charge in [-0.25, -0.2) is 0 Å². The number of rotatable bonds is 6. The van der Waals surface area contributed by atoms with Crippen molar-refractivity contribution in [1.29, 1.82) is 0 Å². The average Bonchev–Trinajstić information content (AvgIpc) is 2.28. The molecule has 16 heavy (non-hydrogen) atoms. The van der Waals surface area contributed by atoms with Crippen molar-refractivity contribution < 1.29 is 4.74 Å². The van der Waals surface area contributed by atoms with Gasteiger partial charge in [-0.1, -0.05) is 37.6 Å². The lowest BCUT2D eigenvalue weighted by molar-refractivity contribution is 0.313. The number of aryl methyl sites for hydroxylation is 1. The van der Waals surface area contributed by atoms with Gasteiger partial charge in [0.2, 0.25) is 0 Å². The van der Waals surface area contributed by atoms with E-state index in [9.17, 15) is 0 Å². The molecule has 1 heteroatoms. The lowest BCUT2D eigenvalue weighted by Crippen LogP contribution is -2.02. The van der Waals surface area contributed by atoms with Gasteiger partial charge in [-0.2, -0.15) is 0 Å². The average molecular weight is 218 g/mol. The summed E-state index contributed by atoms with van der Waals surface area (Å²) >= 11 is 0. The van der Waals surface area contributed by atoms with Gasteiger partial charge in [0, 0.05) is 0 Å². The Bertz CT molecular complexity index is 341. The Morgan fingerprint density at radius 2 is 2.19 bits per heavy atom. The molecule has 1 rings (SSSR count). The van der Waals surface area contributed by atoms with Gasteiger partial charge in [-0.15, -0.1) is 6.58 Å². The minimum Gasteiger partial charge on any atom is -0.493 e. The summed E-state index contributed by atoms with van der Waals surface area (Å²) in [7, 11) is 0. The molecule has 88 valence electrons. The fourth-order valence-corrected chi connectivity index (χ4v) is 1.65. The Morgan fingerprint density at radius 3 is 2.81 bits per heavy atom. The van der Waals surface area contributed by atoms with E-state index in [1.807, 2.05) is 6.08 Å². The van der Waals surface area contributed by atoms with Crippen LogP contribution in [0.3, 0.4) is 0 Å². The Labute approximate surface area is 99.1 Å². The first-order valence-corrected chi connectivity index (χ1v) is 6.02. The molecule has 1 atom stereocenters. The summed E-state index contributed by atoms with van der Waals surface area (Å²) in [6, 6.07) is 6.40. The second-order valence-corrected chi connectivity index (χ2v) is 4.38. The summed E-state index contributed by atoms with van der Waals surface area (Å²) in [5.41, 5.74) is 2.58. The van der Waals surface area contributed by atoms with E-state index in [-0.39, 0.29) is 0 Å². The molecule has 0 saturated heterocycles. The van der Waals surface area contributed by atoms with Gasteiger partial charge in [0.05, 0.1) is 6.61 Å². The number of allylic oxidation sites excluding steroid dienone is 1. The van der Waals surface area contributed by atoms with Crippen LogP contribution >= 0.6 is 0 Å². The van der Waals surface area contributed by atoms with Crippen molar-refractivity contribution in [2.24, 2.45) is 5.92 Å². The summed E-state index contributed by atoms with van der Waals surface area (Å²) in [5.74, 6) is 1.52. The maximum atomic E-state index is 5.75. The third-order valence-corrected chi connectivity index (χ3v) is 2.62. The van der Waals surface area contributed by atoms with Crippen molar-refractivity contribution in [3.05, 3.63) is 42.0 Å². The second kappa shape index (κ2) is 6.37. The number of hydrogen-bond acceptors (Lipinski definition) is 1. The van der Waals surface area contributed by atoms with E-state index >= 15 is 0 Å². The highest BCUT2D eigenvalue weighted by Gasteiger charge is 2.06. The Balaban J connectivity index is 2.84. The largest absolute Gasteiger partial charge is 0.493 e. The van der Waals surface area contributed by atoms with E-state index in [0.29, 0.717) is 5.92 Å². The SMILES string of the molecule is C=CC(C)Cc1cc(C)ccc1OCCC. The van der Waals surface area contributed by atoms with E-state index in [1.54, 1.807) is 0 Å². The van der Waals surface area contributed by atoms with Crippen molar-refractivity contribution >= 4 is 0 Å². The Hall–Kier alpha value is -1.24. The minimum atomic E-state index is 0.491. The Morgan fingerprint density at radius 1 is 1.44 bits per heavy atom. The molecule has 0 heterocycles. The van der Waals surface area contributed by atoms with Crippen LogP contribution in [0.2, 0.25) is 0 Å². The first kappa shape index (κ1) is 12.8. The quantitative estimate of drug-likeness (QED) is 0.652. The third-order valence-electron chi connectivity index (χ3n) is 2.62. The topological polar surface area (TPSA) is 9.23 Å². The molecule has 1 aromatic rings. The molecule has 0 fully saturated rings. The molecular formula is C15H22O. The maximum Gasteiger partial charge on any atom is 0.122 e. The predicted octanol–water partition coefficient (Wildman–Crippen LogP) is 4.15. The van der Waals surface area contributed by atoms with Gasteiger partial charge in [-0.05, 0) is 37.3 Å². The van der Waals surface area contributed by atoms with E-state index in [0.717, 1.165) is 25.2 Å². The van der Waals surface area contributed by atoms with Crippen LogP contribution in [0.5, 0.6) is 5.75 Å². The smallest absolute Gasteiger partial charge is 0.122 e. The molecule has 0 saturated carbocycles. The van der Waals surface area contributed by atoms with E-state index < -0.39 is 0 Å². The molecule has 0 aliphatic carbocycles. The highest BCUT2D eigenvalue weighted by Crippen LogP contribution is 2.23. The first-order valence-electron chi connectivity index (χ1n) is 6.02. The zero-order valence-electron chi connectivity index (χ0n) is 10.6.